The molecule has 0 amide bonds. The van der Waals surface area contributed by atoms with Crippen molar-refractivity contribution in [2.75, 3.05) is 6.79 Å². The van der Waals surface area contributed by atoms with E-state index in [2.05, 4.69) is 0 Å². The quantitative estimate of drug-likeness (QED) is 0.838. The van der Waals surface area contributed by atoms with E-state index in [1.807, 2.05) is 45.9 Å². The Morgan fingerprint density at radius 1 is 1.10 bits per heavy atom. The number of nitrogens with two attached hydrogens (primary N) is 1. The van der Waals surface area contributed by atoms with Gasteiger partial charge in [0.2, 0.25) is 6.79 Å². The first-order valence-corrected chi connectivity index (χ1v) is 6.81. The minimum Gasteiger partial charge on any atom is -0.454 e. The van der Waals surface area contributed by atoms with Gasteiger partial charge in [-0.2, -0.15) is 0 Å². The highest BCUT2D eigenvalue weighted by Crippen LogP contribution is 2.43. The summed E-state index contributed by atoms with van der Waals surface area (Å²) in [6, 6.07) is 5.68. The first-order valence-electron chi connectivity index (χ1n) is 6.81. The van der Waals surface area contributed by atoms with Gasteiger partial charge in [0, 0.05) is 5.56 Å². The number of fused-ring (bicyclic) bond motifs is 1. The second-order valence-corrected chi connectivity index (χ2v) is 6.23. The van der Waals surface area contributed by atoms with Crippen LogP contribution in [0.25, 0.3) is 0 Å². The van der Waals surface area contributed by atoms with Gasteiger partial charge in [0.15, 0.2) is 11.5 Å². The second-order valence-electron chi connectivity index (χ2n) is 6.23. The average molecular weight is 277 g/mol. The van der Waals surface area contributed by atoms with Crippen LogP contribution in [0.15, 0.2) is 18.2 Å². The molecular formula is C14H20BNO4. The molecule has 2 N–H and O–H groups in total. The van der Waals surface area contributed by atoms with Crippen molar-refractivity contribution in [3.63, 3.8) is 0 Å². The predicted octanol–water partition coefficient (Wildman–Crippen LogP) is 2.05. The molecule has 0 saturated carbocycles. The average Bonchev–Trinajstić information content (AvgIpc) is 2.91. The Morgan fingerprint density at radius 3 is 2.40 bits per heavy atom. The monoisotopic (exact) mass is 277 g/mol. The van der Waals surface area contributed by atoms with E-state index in [9.17, 15) is 0 Å². The minimum atomic E-state index is -0.504. The summed E-state index contributed by atoms with van der Waals surface area (Å²) < 4.78 is 22.9. The van der Waals surface area contributed by atoms with Crippen LogP contribution in [0, 0.1) is 0 Å². The Kier molecular flexibility index (Phi) is 3.01. The summed E-state index contributed by atoms with van der Waals surface area (Å²) in [5.74, 6) is 0.983. The summed E-state index contributed by atoms with van der Waals surface area (Å²) >= 11 is 0. The summed E-state index contributed by atoms with van der Waals surface area (Å²) in [6.07, 6.45) is 0. The molecule has 0 unspecified atom stereocenters. The maximum absolute atomic E-state index is 6.33. The fourth-order valence-corrected chi connectivity index (χ4v) is 2.40. The molecule has 20 heavy (non-hydrogen) atoms. The van der Waals surface area contributed by atoms with Gasteiger partial charge in [0.05, 0.1) is 17.1 Å². The van der Waals surface area contributed by atoms with Gasteiger partial charge in [-0.1, -0.05) is 12.1 Å². The van der Waals surface area contributed by atoms with E-state index < -0.39 is 24.3 Å². The third-order valence-electron chi connectivity index (χ3n) is 4.35. The van der Waals surface area contributed by atoms with E-state index in [1.165, 1.54) is 0 Å². The topological polar surface area (TPSA) is 62.9 Å². The fourth-order valence-electron chi connectivity index (χ4n) is 2.40. The normalized spacial score (nSPS) is 23.9. The van der Waals surface area contributed by atoms with Crippen molar-refractivity contribution in [1.82, 2.24) is 0 Å². The van der Waals surface area contributed by atoms with Crippen LogP contribution in [0.2, 0.25) is 0 Å². The highest BCUT2D eigenvalue weighted by atomic mass is 16.7. The zero-order valence-corrected chi connectivity index (χ0v) is 12.3. The van der Waals surface area contributed by atoms with Crippen molar-refractivity contribution < 1.29 is 18.8 Å². The largest absolute Gasteiger partial charge is 0.480 e. The van der Waals surface area contributed by atoms with E-state index in [-0.39, 0.29) is 6.79 Å². The Labute approximate surface area is 119 Å². The molecule has 0 aliphatic carbocycles. The lowest BCUT2D eigenvalue weighted by Gasteiger charge is -2.32. The summed E-state index contributed by atoms with van der Waals surface area (Å²) in [7, 11) is -0.504. The summed E-state index contributed by atoms with van der Waals surface area (Å²) in [5, 5.41) is 0. The third kappa shape index (κ3) is 1.99. The molecule has 1 fully saturated rings. The van der Waals surface area contributed by atoms with Gasteiger partial charge in [0.25, 0.3) is 0 Å². The molecule has 5 nitrogen and oxygen atoms in total. The van der Waals surface area contributed by atoms with Gasteiger partial charge in [-0.25, -0.2) is 0 Å². The van der Waals surface area contributed by atoms with Gasteiger partial charge >= 0.3 is 7.12 Å². The lowest BCUT2D eigenvalue weighted by molar-refractivity contribution is 0.00578. The number of benzene rings is 1. The van der Waals surface area contributed by atoms with Gasteiger partial charge in [-0.15, -0.1) is 0 Å². The molecule has 2 heterocycles. The molecule has 108 valence electrons. The lowest BCUT2D eigenvalue weighted by atomic mass is 9.74. The summed E-state index contributed by atoms with van der Waals surface area (Å²) in [5.41, 5.74) is 6.38. The first kappa shape index (κ1) is 13.7. The molecule has 0 aromatic heterocycles. The molecule has 1 aromatic carbocycles. The molecule has 1 aromatic rings. The van der Waals surface area contributed by atoms with Gasteiger partial charge in [0.1, 0.15) is 0 Å². The van der Waals surface area contributed by atoms with Crippen molar-refractivity contribution in [2.45, 2.75) is 44.8 Å². The first-order chi connectivity index (χ1) is 9.32. The lowest BCUT2D eigenvalue weighted by Crippen LogP contribution is -2.41. The summed E-state index contributed by atoms with van der Waals surface area (Å²) in [6.45, 7) is 8.26. The molecule has 1 atom stereocenters. The maximum Gasteiger partial charge on any atom is 0.480 e. The van der Waals surface area contributed by atoms with Crippen molar-refractivity contribution in [3.05, 3.63) is 23.8 Å². The molecule has 1 saturated heterocycles. The Hall–Kier alpha value is -1.24. The molecule has 6 heteroatoms. The molecule has 3 rings (SSSR count). The van der Waals surface area contributed by atoms with Crippen LogP contribution in [0.5, 0.6) is 11.5 Å². The van der Waals surface area contributed by atoms with Crippen molar-refractivity contribution in [3.8, 4) is 11.5 Å². The van der Waals surface area contributed by atoms with E-state index >= 15 is 0 Å². The van der Waals surface area contributed by atoms with Gasteiger partial charge in [-0.05, 0) is 33.8 Å². The highest BCUT2D eigenvalue weighted by molar-refractivity contribution is 6.47. The van der Waals surface area contributed by atoms with Gasteiger partial charge in [-0.3, -0.25) is 0 Å². The Morgan fingerprint density at radius 2 is 1.75 bits per heavy atom. The van der Waals surface area contributed by atoms with E-state index in [4.69, 9.17) is 24.5 Å². The standard InChI is InChI=1S/C14H20BNO4/c1-13(2)14(3,4)20-15(19-13)12(16)9-6-5-7-10-11(9)18-8-17-10/h5-7,12H,8,16H2,1-4H3/t12-/m0/s1. The second kappa shape index (κ2) is 4.38. The number of rotatable bonds is 2. The predicted molar refractivity (Wildman–Crippen MR) is 75.6 cm³/mol. The van der Waals surface area contributed by atoms with Crippen molar-refractivity contribution >= 4 is 7.12 Å². The van der Waals surface area contributed by atoms with Crippen LogP contribution in [-0.2, 0) is 9.31 Å². The molecule has 0 bridgehead atoms. The minimum absolute atomic E-state index is 0.225. The van der Waals surface area contributed by atoms with Crippen LogP contribution in [-0.4, -0.2) is 25.1 Å². The van der Waals surface area contributed by atoms with Gasteiger partial charge < -0.3 is 24.5 Å². The zero-order valence-electron chi connectivity index (χ0n) is 12.3. The maximum atomic E-state index is 6.33. The van der Waals surface area contributed by atoms with E-state index in [0.717, 1.165) is 11.3 Å². The number of hydrogen-bond donors (Lipinski definition) is 1. The Bertz CT molecular complexity index is 516. The third-order valence-corrected chi connectivity index (χ3v) is 4.35. The van der Waals surface area contributed by atoms with Crippen molar-refractivity contribution in [2.24, 2.45) is 5.73 Å². The van der Waals surface area contributed by atoms with Crippen LogP contribution in [0.1, 0.15) is 39.2 Å². The van der Waals surface area contributed by atoms with Crippen LogP contribution < -0.4 is 15.2 Å². The molecule has 0 spiro atoms. The van der Waals surface area contributed by atoms with E-state index in [0.29, 0.717) is 5.75 Å². The fraction of sp³-hybridized carbons (Fsp3) is 0.571. The number of para-hydroxylation sites is 1. The zero-order chi connectivity index (χ0) is 14.5. The van der Waals surface area contributed by atoms with Crippen LogP contribution in [0.3, 0.4) is 0 Å². The van der Waals surface area contributed by atoms with E-state index in [1.54, 1.807) is 0 Å². The SMILES string of the molecule is CC1(C)OB([C@@H](N)c2cccc3c2OCO3)OC1(C)C. The molecule has 2 aliphatic heterocycles. The summed E-state index contributed by atoms with van der Waals surface area (Å²) in [4.78, 5) is 0. The molecule has 0 radical (unpaired) electrons. The number of hydrogen-bond acceptors (Lipinski definition) is 5. The van der Waals surface area contributed by atoms with Crippen LogP contribution >= 0.6 is 0 Å². The highest BCUT2D eigenvalue weighted by Gasteiger charge is 2.53. The number of ether oxygens (including phenoxy) is 2. The molecular weight excluding hydrogens is 257 g/mol. The van der Waals surface area contributed by atoms with Crippen LogP contribution in [0.4, 0.5) is 0 Å². The molecule has 2 aliphatic rings. The Balaban J connectivity index is 1.88. The smallest absolute Gasteiger partial charge is 0.454 e. The van der Waals surface area contributed by atoms with Crippen molar-refractivity contribution in [1.29, 1.82) is 0 Å².